The Morgan fingerprint density at radius 2 is 1.94 bits per heavy atom. The Balaban J connectivity index is 4.00. The zero-order valence-electron chi connectivity index (χ0n) is 11.5. The summed E-state index contributed by atoms with van der Waals surface area (Å²) >= 11 is 0. The zero-order valence-corrected chi connectivity index (χ0v) is 12.3. The summed E-state index contributed by atoms with van der Waals surface area (Å²) in [7, 11) is -1.12. The highest BCUT2D eigenvalue weighted by Crippen LogP contribution is 2.09. The molecule has 2 atom stereocenters. The Kier molecular flexibility index (Phi) is 8.82. The molecule has 0 aromatic carbocycles. The molecule has 0 saturated carbocycles. The molecule has 0 aromatic rings. The molecular weight excluding hydrogens is 238 g/mol. The molecule has 104 valence electrons. The highest BCUT2D eigenvalue weighted by Gasteiger charge is 2.14. The maximum absolute atomic E-state index is 11.4. The van der Waals surface area contributed by atoms with E-state index in [1.807, 2.05) is 6.92 Å². The fourth-order valence-corrected chi connectivity index (χ4v) is 2.68. The monoisotopic (exact) mass is 265 g/mol. The minimum Gasteiger partial charge on any atom is -0.382 e. The summed E-state index contributed by atoms with van der Waals surface area (Å²) < 4.78 is 28.0. The summed E-state index contributed by atoms with van der Waals surface area (Å²) in [5, 5.41) is 3.38. The lowest BCUT2D eigenvalue weighted by molar-refractivity contribution is 0.0994. The molecule has 17 heavy (non-hydrogen) atoms. The third-order valence-corrected chi connectivity index (χ3v) is 4.75. The molecule has 0 saturated heterocycles. The van der Waals surface area contributed by atoms with E-state index in [0.717, 1.165) is 25.8 Å². The van der Waals surface area contributed by atoms with Crippen LogP contribution in [0.5, 0.6) is 0 Å². The molecule has 0 spiro atoms. The van der Waals surface area contributed by atoms with Crippen LogP contribution >= 0.6 is 0 Å². The third-order valence-electron chi connectivity index (χ3n) is 2.96. The molecule has 1 N–H and O–H groups in total. The van der Waals surface area contributed by atoms with E-state index in [4.69, 9.17) is 4.74 Å². The minimum absolute atomic E-state index is 0.210. The predicted molar refractivity (Wildman–Crippen MR) is 72.1 cm³/mol. The van der Waals surface area contributed by atoms with E-state index < -0.39 is 9.84 Å². The van der Waals surface area contributed by atoms with Crippen molar-refractivity contribution in [1.29, 1.82) is 0 Å². The molecule has 0 aliphatic heterocycles. The summed E-state index contributed by atoms with van der Waals surface area (Å²) in [6.45, 7) is 6.70. The van der Waals surface area contributed by atoms with Crippen LogP contribution in [0, 0.1) is 0 Å². The average Bonchev–Trinajstić information content (AvgIpc) is 2.29. The van der Waals surface area contributed by atoms with Crippen molar-refractivity contribution >= 4 is 9.84 Å². The van der Waals surface area contributed by atoms with Crippen LogP contribution in [0.25, 0.3) is 0 Å². The highest BCUT2D eigenvalue weighted by atomic mass is 32.2. The first kappa shape index (κ1) is 16.9. The average molecular weight is 265 g/mol. The van der Waals surface area contributed by atoms with Gasteiger partial charge in [-0.1, -0.05) is 13.8 Å². The number of rotatable bonds is 10. The quantitative estimate of drug-likeness (QED) is 0.652. The van der Waals surface area contributed by atoms with Crippen molar-refractivity contribution in [3.8, 4) is 0 Å². The van der Waals surface area contributed by atoms with E-state index in [-0.39, 0.29) is 11.9 Å². The molecular formula is C12H27NO3S. The van der Waals surface area contributed by atoms with Crippen LogP contribution in [0.15, 0.2) is 0 Å². The number of methoxy groups -OCH3 is 1. The van der Waals surface area contributed by atoms with Gasteiger partial charge >= 0.3 is 0 Å². The Morgan fingerprint density at radius 3 is 2.41 bits per heavy atom. The van der Waals surface area contributed by atoms with Crippen molar-refractivity contribution in [2.75, 3.05) is 25.2 Å². The van der Waals surface area contributed by atoms with Crippen molar-refractivity contribution in [2.45, 2.75) is 52.2 Å². The van der Waals surface area contributed by atoms with Crippen LogP contribution in [0.4, 0.5) is 0 Å². The second-order valence-corrected chi connectivity index (χ2v) is 6.89. The first-order valence-corrected chi connectivity index (χ1v) is 8.23. The van der Waals surface area contributed by atoms with Crippen LogP contribution in [0.3, 0.4) is 0 Å². The number of ether oxygens (including phenoxy) is 1. The molecule has 5 heteroatoms. The SMILES string of the molecule is CCNC(CCCS(=O)(=O)CC)CC(C)OC. The first-order chi connectivity index (χ1) is 7.95. The normalized spacial score (nSPS) is 15.8. The molecule has 4 nitrogen and oxygen atoms in total. The van der Waals surface area contributed by atoms with Crippen molar-refractivity contribution in [2.24, 2.45) is 0 Å². The van der Waals surface area contributed by atoms with E-state index in [1.54, 1.807) is 14.0 Å². The van der Waals surface area contributed by atoms with Gasteiger partial charge in [0.2, 0.25) is 0 Å². The van der Waals surface area contributed by atoms with Crippen LogP contribution in [-0.4, -0.2) is 45.7 Å². The van der Waals surface area contributed by atoms with Gasteiger partial charge in [-0.25, -0.2) is 8.42 Å². The summed E-state index contributed by atoms with van der Waals surface area (Å²) in [6, 6.07) is 0.349. The molecule has 0 rings (SSSR count). The van der Waals surface area contributed by atoms with Gasteiger partial charge in [0.05, 0.1) is 11.9 Å². The topological polar surface area (TPSA) is 55.4 Å². The Hall–Kier alpha value is -0.130. The Morgan fingerprint density at radius 1 is 1.29 bits per heavy atom. The van der Waals surface area contributed by atoms with Gasteiger partial charge in [-0.2, -0.15) is 0 Å². The fraction of sp³-hybridized carbons (Fsp3) is 1.00. The second kappa shape index (κ2) is 8.89. The lowest BCUT2D eigenvalue weighted by Crippen LogP contribution is -2.32. The lowest BCUT2D eigenvalue weighted by Gasteiger charge is -2.21. The second-order valence-electron chi connectivity index (χ2n) is 4.42. The number of hydrogen-bond acceptors (Lipinski definition) is 4. The van der Waals surface area contributed by atoms with Crippen LogP contribution in [0.2, 0.25) is 0 Å². The first-order valence-electron chi connectivity index (χ1n) is 6.41. The molecule has 0 aliphatic rings. The molecule has 0 bridgehead atoms. The Labute approximate surface area is 106 Å². The largest absolute Gasteiger partial charge is 0.382 e. The smallest absolute Gasteiger partial charge is 0.150 e. The maximum atomic E-state index is 11.4. The van der Waals surface area contributed by atoms with E-state index in [9.17, 15) is 8.42 Å². The van der Waals surface area contributed by atoms with Gasteiger partial charge in [0.25, 0.3) is 0 Å². The standard InChI is InChI=1S/C12H27NO3S/c1-5-13-12(10-11(3)16-4)8-7-9-17(14,15)6-2/h11-13H,5-10H2,1-4H3. The molecule has 0 aliphatic carbocycles. The van der Waals surface area contributed by atoms with Gasteiger partial charge in [-0.3, -0.25) is 0 Å². The summed E-state index contributed by atoms with van der Waals surface area (Å²) in [6.07, 6.45) is 2.75. The summed E-state index contributed by atoms with van der Waals surface area (Å²) in [5.41, 5.74) is 0. The number of hydrogen-bond donors (Lipinski definition) is 1. The van der Waals surface area contributed by atoms with Gasteiger partial charge in [-0.15, -0.1) is 0 Å². The van der Waals surface area contributed by atoms with Crippen LogP contribution in [-0.2, 0) is 14.6 Å². The number of nitrogens with one attached hydrogen (secondary N) is 1. The van der Waals surface area contributed by atoms with Crippen molar-refractivity contribution in [1.82, 2.24) is 5.32 Å². The lowest BCUT2D eigenvalue weighted by atomic mass is 10.1. The van der Waals surface area contributed by atoms with Crippen molar-refractivity contribution < 1.29 is 13.2 Å². The summed E-state index contributed by atoms with van der Waals surface area (Å²) in [5.74, 6) is 0.542. The van der Waals surface area contributed by atoms with Gasteiger partial charge in [0.15, 0.2) is 0 Å². The molecule has 0 fully saturated rings. The van der Waals surface area contributed by atoms with Gasteiger partial charge in [0.1, 0.15) is 9.84 Å². The maximum Gasteiger partial charge on any atom is 0.150 e. The third kappa shape index (κ3) is 8.57. The van der Waals surface area contributed by atoms with E-state index in [2.05, 4.69) is 12.2 Å². The van der Waals surface area contributed by atoms with E-state index in [1.165, 1.54) is 0 Å². The van der Waals surface area contributed by atoms with E-state index in [0.29, 0.717) is 11.8 Å². The molecule has 0 heterocycles. The summed E-state index contributed by atoms with van der Waals surface area (Å²) in [4.78, 5) is 0. The van der Waals surface area contributed by atoms with Crippen LogP contribution in [0.1, 0.15) is 40.0 Å². The zero-order chi connectivity index (χ0) is 13.3. The van der Waals surface area contributed by atoms with Gasteiger partial charge < -0.3 is 10.1 Å². The molecule has 0 aromatic heterocycles. The molecule has 2 unspecified atom stereocenters. The van der Waals surface area contributed by atoms with Crippen LogP contribution < -0.4 is 5.32 Å². The minimum atomic E-state index is -2.82. The predicted octanol–water partition coefficient (Wildman–Crippen LogP) is 1.60. The fourth-order valence-electron chi connectivity index (χ4n) is 1.78. The Bertz CT molecular complexity index is 277. The van der Waals surface area contributed by atoms with Gasteiger partial charge in [0, 0.05) is 18.9 Å². The van der Waals surface area contributed by atoms with Crippen molar-refractivity contribution in [3.63, 3.8) is 0 Å². The molecule has 0 amide bonds. The molecule has 0 radical (unpaired) electrons. The van der Waals surface area contributed by atoms with Gasteiger partial charge in [-0.05, 0) is 32.7 Å². The number of sulfone groups is 1. The highest BCUT2D eigenvalue weighted by molar-refractivity contribution is 7.91. The van der Waals surface area contributed by atoms with E-state index >= 15 is 0 Å². The van der Waals surface area contributed by atoms with Crippen molar-refractivity contribution in [3.05, 3.63) is 0 Å².